The Balaban J connectivity index is 1.87. The lowest BCUT2D eigenvalue weighted by atomic mass is 10.1. The van der Waals surface area contributed by atoms with E-state index in [1.807, 2.05) is 0 Å². The Morgan fingerprint density at radius 1 is 1.19 bits per heavy atom. The molecule has 0 aliphatic carbocycles. The maximum atomic E-state index is 13.6. The van der Waals surface area contributed by atoms with Crippen LogP contribution in [0.4, 0.5) is 48.2 Å². The average Bonchev–Trinajstić information content (AvgIpc) is 3.25. The van der Waals surface area contributed by atoms with Gasteiger partial charge in [-0.2, -0.15) is 31.6 Å². The van der Waals surface area contributed by atoms with Crippen molar-refractivity contribution in [3.8, 4) is 6.07 Å². The van der Waals surface area contributed by atoms with Gasteiger partial charge < -0.3 is 20.1 Å². The van der Waals surface area contributed by atoms with E-state index in [-0.39, 0.29) is 16.4 Å². The highest BCUT2D eigenvalue weighted by Crippen LogP contribution is 2.39. The molecule has 0 aromatic heterocycles. The number of carboxylic acid groups (broad SMARTS) is 1. The van der Waals surface area contributed by atoms with Crippen molar-refractivity contribution >= 4 is 40.7 Å². The highest BCUT2D eigenvalue weighted by molar-refractivity contribution is 6.34. The fourth-order valence-corrected chi connectivity index (χ4v) is 3.59. The van der Waals surface area contributed by atoms with Gasteiger partial charge in [0.15, 0.2) is 6.10 Å². The normalized spacial score (nSPS) is 18.0. The van der Waals surface area contributed by atoms with Gasteiger partial charge in [-0.25, -0.2) is 4.79 Å². The van der Waals surface area contributed by atoms with Crippen molar-refractivity contribution in [1.82, 2.24) is 0 Å². The van der Waals surface area contributed by atoms with Gasteiger partial charge in [0, 0.05) is 18.4 Å². The minimum atomic E-state index is -5.08. The number of alkyl halides is 6. The third kappa shape index (κ3) is 5.58. The average molecular weight is 537 g/mol. The monoisotopic (exact) mass is 536 g/mol. The van der Waals surface area contributed by atoms with Crippen LogP contribution in [-0.4, -0.2) is 49.2 Å². The number of ether oxygens (including phenoxy) is 1. The summed E-state index contributed by atoms with van der Waals surface area (Å²) in [6, 6.07) is 7.04. The van der Waals surface area contributed by atoms with Gasteiger partial charge in [-0.15, -0.1) is 0 Å². The number of anilines is 3. The van der Waals surface area contributed by atoms with E-state index in [9.17, 15) is 35.9 Å². The van der Waals surface area contributed by atoms with Gasteiger partial charge in [0.25, 0.3) is 5.91 Å². The molecule has 192 valence electrons. The van der Waals surface area contributed by atoms with Gasteiger partial charge in [0.1, 0.15) is 0 Å². The quantitative estimate of drug-likeness (QED) is 0.528. The number of carbonyl (C=O) groups excluding carboxylic acids is 1. The van der Waals surface area contributed by atoms with Gasteiger partial charge in [0.2, 0.25) is 6.23 Å². The number of carbonyl (C=O) groups is 2. The lowest BCUT2D eigenvalue weighted by Crippen LogP contribution is -2.42. The zero-order chi connectivity index (χ0) is 27.0. The third-order valence-corrected chi connectivity index (χ3v) is 5.47. The van der Waals surface area contributed by atoms with Crippen molar-refractivity contribution in [2.24, 2.45) is 0 Å². The third-order valence-electron chi connectivity index (χ3n) is 5.16. The molecule has 1 saturated heterocycles. The fraction of sp³-hybridized carbons (Fsp3) is 0.286. The Morgan fingerprint density at radius 2 is 1.86 bits per heavy atom. The maximum absolute atomic E-state index is 13.6. The molecule has 0 radical (unpaired) electrons. The minimum Gasteiger partial charge on any atom is -0.465 e. The molecule has 0 saturated carbocycles. The van der Waals surface area contributed by atoms with Crippen molar-refractivity contribution in [2.45, 2.75) is 24.7 Å². The van der Waals surface area contributed by atoms with E-state index < -0.39 is 60.0 Å². The molecular formula is C21H15ClF6N4O4. The molecule has 1 aliphatic rings. The second-order valence-corrected chi connectivity index (χ2v) is 7.91. The van der Waals surface area contributed by atoms with Crippen molar-refractivity contribution < 1.29 is 45.8 Å². The number of nitrogens with one attached hydrogen (secondary N) is 1. The molecule has 2 N–H and O–H groups in total. The molecule has 0 spiro atoms. The summed E-state index contributed by atoms with van der Waals surface area (Å²) in [5.74, 6) is -1.07. The van der Waals surface area contributed by atoms with Crippen LogP contribution in [0, 0.1) is 11.3 Å². The van der Waals surface area contributed by atoms with E-state index >= 15 is 0 Å². The SMILES string of the molecule is CN(C(=O)O)c1ccc(NC(=O)[C@@H]2CN(c3ccc(C#N)c(C(F)(F)F)c3)[C@@H](C(F)(F)F)O2)c(Cl)c1. The molecule has 1 heterocycles. The van der Waals surface area contributed by atoms with Crippen LogP contribution in [-0.2, 0) is 15.7 Å². The van der Waals surface area contributed by atoms with Crippen LogP contribution in [0.3, 0.4) is 0 Å². The summed E-state index contributed by atoms with van der Waals surface area (Å²) in [6.07, 6.45) is -15.9. The standard InChI is InChI=1S/C21H15ClF6N4O4/c1-31(19(34)35)11-4-5-15(14(22)7-11)30-17(33)16-9-32(18(36-16)21(26,27)28)12-3-2-10(8-29)13(6-12)20(23,24)25/h2-7,16,18H,9H2,1H3,(H,30,33)(H,34,35)/t16-,18+/m0/s1. The number of hydrogen-bond acceptors (Lipinski definition) is 5. The molecule has 0 bridgehead atoms. The summed E-state index contributed by atoms with van der Waals surface area (Å²) >= 11 is 6.04. The first-order chi connectivity index (χ1) is 16.6. The number of nitrogens with zero attached hydrogens (tertiary/aromatic N) is 3. The molecule has 2 atom stereocenters. The molecule has 15 heteroatoms. The fourth-order valence-electron chi connectivity index (χ4n) is 3.37. The van der Waals surface area contributed by atoms with Crippen molar-refractivity contribution in [3.05, 3.63) is 52.5 Å². The lowest BCUT2D eigenvalue weighted by molar-refractivity contribution is -0.212. The molecule has 1 aliphatic heterocycles. The van der Waals surface area contributed by atoms with Crippen LogP contribution in [0.5, 0.6) is 0 Å². The molecule has 1 fully saturated rings. The van der Waals surface area contributed by atoms with E-state index in [4.69, 9.17) is 26.7 Å². The second-order valence-electron chi connectivity index (χ2n) is 7.51. The number of nitriles is 1. The number of halogens is 7. The van der Waals surface area contributed by atoms with Crippen LogP contribution in [0.2, 0.25) is 5.02 Å². The highest BCUT2D eigenvalue weighted by atomic mass is 35.5. The van der Waals surface area contributed by atoms with Gasteiger partial charge in [-0.1, -0.05) is 11.6 Å². The zero-order valence-corrected chi connectivity index (χ0v) is 18.7. The lowest BCUT2D eigenvalue weighted by Gasteiger charge is -2.27. The Kier molecular flexibility index (Phi) is 7.28. The van der Waals surface area contributed by atoms with E-state index in [0.29, 0.717) is 11.0 Å². The van der Waals surface area contributed by atoms with Gasteiger partial charge in [-0.3, -0.25) is 9.69 Å². The molecule has 3 rings (SSSR count). The van der Waals surface area contributed by atoms with Gasteiger partial charge in [-0.05, 0) is 36.4 Å². The van der Waals surface area contributed by atoms with Crippen LogP contribution in [0.15, 0.2) is 36.4 Å². The second kappa shape index (κ2) is 9.75. The number of hydrogen-bond donors (Lipinski definition) is 2. The van der Waals surface area contributed by atoms with E-state index in [0.717, 1.165) is 17.0 Å². The first-order valence-electron chi connectivity index (χ1n) is 9.80. The maximum Gasteiger partial charge on any atom is 0.433 e. The Bertz CT molecular complexity index is 1230. The molecule has 2 aromatic carbocycles. The Labute approximate surface area is 204 Å². The van der Waals surface area contributed by atoms with Gasteiger partial charge in [0.05, 0.1) is 34.5 Å². The number of rotatable bonds is 4. The van der Waals surface area contributed by atoms with Crippen LogP contribution in [0.1, 0.15) is 11.1 Å². The van der Waals surface area contributed by atoms with E-state index in [1.54, 1.807) is 0 Å². The predicted octanol–water partition coefficient (Wildman–Crippen LogP) is 5.08. The smallest absolute Gasteiger partial charge is 0.433 e. The molecule has 0 unspecified atom stereocenters. The van der Waals surface area contributed by atoms with E-state index in [1.165, 1.54) is 31.3 Å². The molecule has 36 heavy (non-hydrogen) atoms. The van der Waals surface area contributed by atoms with Crippen molar-refractivity contribution in [3.63, 3.8) is 0 Å². The summed E-state index contributed by atoms with van der Waals surface area (Å²) in [7, 11) is 1.23. The van der Waals surface area contributed by atoms with Crippen LogP contribution < -0.4 is 15.1 Å². The first-order valence-corrected chi connectivity index (χ1v) is 10.2. The predicted molar refractivity (Wildman–Crippen MR) is 115 cm³/mol. The molecule has 2 amide bonds. The topological polar surface area (TPSA) is 106 Å². The molecule has 2 aromatic rings. The van der Waals surface area contributed by atoms with Crippen molar-refractivity contribution in [2.75, 3.05) is 28.7 Å². The number of amides is 2. The summed E-state index contributed by atoms with van der Waals surface area (Å²) in [5, 5.41) is 20.1. The van der Waals surface area contributed by atoms with E-state index in [2.05, 4.69) is 5.32 Å². The van der Waals surface area contributed by atoms with Crippen molar-refractivity contribution in [1.29, 1.82) is 5.26 Å². The Hall–Kier alpha value is -3.70. The van der Waals surface area contributed by atoms with Crippen LogP contribution >= 0.6 is 11.6 Å². The summed E-state index contributed by atoms with van der Waals surface area (Å²) in [6.45, 7) is -0.767. The largest absolute Gasteiger partial charge is 0.465 e. The zero-order valence-electron chi connectivity index (χ0n) is 18.0. The van der Waals surface area contributed by atoms with Crippen LogP contribution in [0.25, 0.3) is 0 Å². The Morgan fingerprint density at radius 3 is 2.39 bits per heavy atom. The summed E-state index contributed by atoms with van der Waals surface area (Å²) in [4.78, 5) is 25.0. The first kappa shape index (κ1) is 26.9. The molecular weight excluding hydrogens is 522 g/mol. The molecule has 8 nitrogen and oxygen atoms in total. The van der Waals surface area contributed by atoms with Gasteiger partial charge >= 0.3 is 18.4 Å². The highest BCUT2D eigenvalue weighted by Gasteiger charge is 2.52. The summed E-state index contributed by atoms with van der Waals surface area (Å²) in [5.41, 5.74) is -2.69. The summed E-state index contributed by atoms with van der Waals surface area (Å²) < 4.78 is 85.7. The number of benzene rings is 2. The minimum absolute atomic E-state index is 0.0625.